The van der Waals surface area contributed by atoms with Crippen LogP contribution in [0.1, 0.15) is 13.3 Å². The number of nitrogens with two attached hydrogens (primary N) is 1. The van der Waals surface area contributed by atoms with E-state index in [9.17, 15) is 17.4 Å². The molecular formula is C24H20FN4NaO4S. The van der Waals surface area contributed by atoms with E-state index in [4.69, 9.17) is 10.5 Å². The Morgan fingerprint density at radius 1 is 1.06 bits per heavy atom. The van der Waals surface area contributed by atoms with E-state index in [-0.39, 0.29) is 51.9 Å². The molecule has 0 bridgehead atoms. The second-order valence-corrected chi connectivity index (χ2v) is 8.72. The summed E-state index contributed by atoms with van der Waals surface area (Å²) in [6, 6.07) is 15.2. The summed E-state index contributed by atoms with van der Waals surface area (Å²) in [7, 11) is -4.77. The van der Waals surface area contributed by atoms with Gasteiger partial charge in [0.25, 0.3) is 0 Å². The molecule has 0 spiro atoms. The van der Waals surface area contributed by atoms with Crippen LogP contribution in [-0.4, -0.2) is 24.6 Å². The van der Waals surface area contributed by atoms with Crippen molar-refractivity contribution in [3.05, 3.63) is 72.7 Å². The molecule has 8 nitrogen and oxygen atoms in total. The van der Waals surface area contributed by atoms with Crippen molar-refractivity contribution in [3.63, 3.8) is 0 Å². The van der Waals surface area contributed by atoms with Crippen LogP contribution in [0, 0.1) is 5.82 Å². The summed E-state index contributed by atoms with van der Waals surface area (Å²) in [6.07, 6.45) is 2.16. The Morgan fingerprint density at radius 3 is 2.46 bits per heavy atom. The van der Waals surface area contributed by atoms with Crippen molar-refractivity contribution in [3.8, 4) is 17.0 Å². The molecule has 0 aliphatic heterocycles. The second-order valence-electron chi connectivity index (χ2n) is 7.37. The van der Waals surface area contributed by atoms with Gasteiger partial charge in [0.15, 0.2) is 0 Å². The average molecular weight is 503 g/mol. The van der Waals surface area contributed by atoms with Gasteiger partial charge < -0.3 is 15.0 Å². The van der Waals surface area contributed by atoms with E-state index < -0.39 is 20.8 Å². The zero-order valence-corrected chi connectivity index (χ0v) is 21.9. The topological polar surface area (TPSA) is 130 Å². The van der Waals surface area contributed by atoms with E-state index in [0.29, 0.717) is 29.1 Å². The number of aromatic nitrogens is 1. The number of fused-ring (bicyclic) bond motifs is 1. The van der Waals surface area contributed by atoms with Gasteiger partial charge in [-0.05, 0) is 36.8 Å². The van der Waals surface area contributed by atoms with Gasteiger partial charge in [-0.1, -0.05) is 37.3 Å². The van der Waals surface area contributed by atoms with Crippen molar-refractivity contribution in [2.75, 3.05) is 12.3 Å². The van der Waals surface area contributed by atoms with Crippen LogP contribution in [0.5, 0.6) is 5.75 Å². The van der Waals surface area contributed by atoms with Crippen LogP contribution in [0.3, 0.4) is 0 Å². The van der Waals surface area contributed by atoms with Crippen LogP contribution in [0.25, 0.3) is 22.0 Å². The Balaban J connectivity index is 0.00000342. The Labute approximate surface area is 224 Å². The molecule has 1 aromatic heterocycles. The van der Waals surface area contributed by atoms with E-state index in [0.717, 1.165) is 12.5 Å². The van der Waals surface area contributed by atoms with Crippen LogP contribution < -0.4 is 40.0 Å². The minimum absolute atomic E-state index is 0. The minimum Gasteiger partial charge on any atom is -0.744 e. The Bertz CT molecular complexity index is 1500. The van der Waals surface area contributed by atoms with Crippen LogP contribution in [-0.2, 0) is 10.1 Å². The molecule has 174 valence electrons. The van der Waals surface area contributed by atoms with Gasteiger partial charge in [-0.25, -0.2) is 12.8 Å². The molecule has 0 unspecified atom stereocenters. The number of pyridine rings is 1. The van der Waals surface area contributed by atoms with Gasteiger partial charge in [-0.3, -0.25) is 4.98 Å². The third-order valence-corrected chi connectivity index (χ3v) is 5.89. The Hall–Kier alpha value is -2.89. The normalized spacial score (nSPS) is 11.5. The number of anilines is 1. The molecule has 0 fully saturated rings. The molecule has 0 atom stereocenters. The fourth-order valence-corrected chi connectivity index (χ4v) is 4.13. The van der Waals surface area contributed by atoms with Crippen molar-refractivity contribution < 1.29 is 51.7 Å². The smallest absolute Gasteiger partial charge is 0.744 e. The molecule has 1 heterocycles. The Kier molecular flexibility index (Phi) is 8.57. The molecule has 0 amide bonds. The van der Waals surface area contributed by atoms with Gasteiger partial charge in [-0.2, -0.15) is 0 Å². The van der Waals surface area contributed by atoms with Gasteiger partial charge in [-0.15, -0.1) is 10.2 Å². The molecule has 0 saturated carbocycles. The second kappa shape index (κ2) is 11.2. The SMILES string of the molecule is CCCOc1cccc(F)c1-c1ccc(N=Nc2cc(S(=O)(=O)[O-])c3ccccc3c2N)cn1.[Na+]. The van der Waals surface area contributed by atoms with Gasteiger partial charge in [0, 0.05) is 10.8 Å². The molecule has 0 aliphatic carbocycles. The molecule has 2 N–H and O–H groups in total. The summed E-state index contributed by atoms with van der Waals surface area (Å²) in [5.41, 5.74) is 7.27. The predicted octanol–water partition coefficient (Wildman–Crippen LogP) is 2.74. The van der Waals surface area contributed by atoms with Crippen molar-refractivity contribution in [2.45, 2.75) is 18.2 Å². The van der Waals surface area contributed by atoms with E-state index in [1.165, 1.54) is 18.3 Å². The summed E-state index contributed by atoms with van der Waals surface area (Å²) in [5.74, 6) is -0.0789. The zero-order valence-electron chi connectivity index (χ0n) is 19.1. The molecule has 4 rings (SSSR count). The number of hydrogen-bond donors (Lipinski definition) is 1. The van der Waals surface area contributed by atoms with Gasteiger partial charge in [0.2, 0.25) is 0 Å². The summed E-state index contributed by atoms with van der Waals surface area (Å²) in [4.78, 5) is 3.84. The summed E-state index contributed by atoms with van der Waals surface area (Å²) in [6.45, 7) is 2.39. The summed E-state index contributed by atoms with van der Waals surface area (Å²) >= 11 is 0. The van der Waals surface area contributed by atoms with Gasteiger partial charge >= 0.3 is 29.6 Å². The molecule has 35 heavy (non-hydrogen) atoms. The number of ether oxygens (including phenoxy) is 1. The fourth-order valence-electron chi connectivity index (χ4n) is 3.43. The van der Waals surface area contributed by atoms with Crippen molar-refractivity contribution in [1.29, 1.82) is 0 Å². The number of nitrogen functional groups attached to an aromatic ring is 1. The first kappa shape index (κ1) is 26.7. The molecule has 0 saturated heterocycles. The number of benzene rings is 3. The number of halogens is 1. The first-order valence-electron chi connectivity index (χ1n) is 10.4. The van der Waals surface area contributed by atoms with Crippen LogP contribution in [0.4, 0.5) is 21.5 Å². The zero-order chi connectivity index (χ0) is 24.3. The molecule has 0 radical (unpaired) electrons. The quantitative estimate of drug-likeness (QED) is 0.179. The van der Waals surface area contributed by atoms with Gasteiger partial charge in [0.05, 0.1) is 34.6 Å². The average Bonchev–Trinajstić information content (AvgIpc) is 2.82. The third kappa shape index (κ3) is 5.85. The maximum absolute atomic E-state index is 14.5. The van der Waals surface area contributed by atoms with Crippen molar-refractivity contribution in [2.24, 2.45) is 10.2 Å². The Morgan fingerprint density at radius 2 is 1.80 bits per heavy atom. The first-order valence-corrected chi connectivity index (χ1v) is 11.8. The minimum atomic E-state index is -4.77. The van der Waals surface area contributed by atoms with Crippen molar-refractivity contribution in [1.82, 2.24) is 4.98 Å². The number of azo groups is 1. The predicted molar refractivity (Wildman–Crippen MR) is 126 cm³/mol. The number of hydrogen-bond acceptors (Lipinski definition) is 8. The van der Waals surface area contributed by atoms with E-state index in [1.807, 2.05) is 6.92 Å². The van der Waals surface area contributed by atoms with Gasteiger partial charge in [0.1, 0.15) is 33.1 Å². The third-order valence-electron chi connectivity index (χ3n) is 5.01. The van der Waals surface area contributed by atoms with Crippen LogP contribution >= 0.6 is 0 Å². The maximum atomic E-state index is 14.5. The molecule has 11 heteroatoms. The van der Waals surface area contributed by atoms with Crippen molar-refractivity contribution >= 4 is 38.0 Å². The monoisotopic (exact) mass is 502 g/mol. The largest absolute Gasteiger partial charge is 1.00 e. The fraction of sp³-hybridized carbons (Fsp3) is 0.125. The molecular weight excluding hydrogens is 482 g/mol. The molecule has 3 aromatic carbocycles. The number of nitrogens with zero attached hydrogens (tertiary/aromatic N) is 3. The van der Waals surface area contributed by atoms with Crippen LogP contribution in [0.15, 0.2) is 82.0 Å². The molecule has 0 aliphatic rings. The van der Waals surface area contributed by atoms with E-state index in [2.05, 4.69) is 15.2 Å². The first-order chi connectivity index (χ1) is 16.3. The van der Waals surface area contributed by atoms with Crippen LogP contribution in [0.2, 0.25) is 0 Å². The summed E-state index contributed by atoms with van der Waals surface area (Å²) in [5, 5.41) is 8.68. The van der Waals surface area contributed by atoms with E-state index >= 15 is 0 Å². The molecule has 4 aromatic rings. The number of rotatable bonds is 7. The van der Waals surface area contributed by atoms with E-state index in [1.54, 1.807) is 42.5 Å². The standard InChI is InChI=1S/C24H21FN4O4S.Na/c1-2-12-33-21-9-5-8-18(25)23(21)19-11-10-15(14-27-19)28-29-20-13-22(34(30,31)32)16-6-3-4-7-17(16)24(20)26;/h3-11,13-14H,2,12,26H2,1H3,(H,30,31,32);/q;+1/p-1. The summed E-state index contributed by atoms with van der Waals surface area (Å²) < 4.78 is 55.4. The maximum Gasteiger partial charge on any atom is 1.00 e.